The topological polar surface area (TPSA) is 90.3 Å². The van der Waals surface area contributed by atoms with E-state index in [2.05, 4.69) is 14.3 Å². The van der Waals surface area contributed by atoms with Gasteiger partial charge in [0.1, 0.15) is 6.10 Å². The van der Waals surface area contributed by atoms with Gasteiger partial charge >= 0.3 is 0 Å². The number of sulfonamides is 1. The highest BCUT2D eigenvalue weighted by Crippen LogP contribution is 2.36. The average molecular weight is 424 g/mol. The van der Waals surface area contributed by atoms with Crippen molar-refractivity contribution in [3.8, 4) is 11.8 Å². The van der Waals surface area contributed by atoms with Crippen molar-refractivity contribution in [2.75, 3.05) is 32.8 Å². The third-order valence-electron chi connectivity index (χ3n) is 5.72. The van der Waals surface area contributed by atoms with E-state index in [1.54, 1.807) is 13.0 Å². The van der Waals surface area contributed by atoms with Crippen molar-refractivity contribution < 1.29 is 22.6 Å². The molecule has 0 radical (unpaired) electrons. The molecule has 0 aliphatic carbocycles. The van der Waals surface area contributed by atoms with Gasteiger partial charge in [0.05, 0.1) is 19.4 Å². The zero-order valence-electron chi connectivity index (χ0n) is 17.1. The van der Waals surface area contributed by atoms with E-state index in [4.69, 9.17) is 14.2 Å². The molecule has 4 heterocycles. The molecule has 0 N–H and O–H groups in total. The Hall–Kier alpha value is -1.71. The molecule has 0 amide bonds. The summed E-state index contributed by atoms with van der Waals surface area (Å²) in [6.07, 6.45) is 6.14. The number of fused-ring (bicyclic) bond motifs is 1. The van der Waals surface area contributed by atoms with Gasteiger partial charge in [0.25, 0.3) is 10.0 Å². The van der Waals surface area contributed by atoms with Crippen molar-refractivity contribution >= 4 is 16.2 Å². The van der Waals surface area contributed by atoms with Crippen LogP contribution in [0.3, 0.4) is 0 Å². The maximum absolute atomic E-state index is 12.7. The molecule has 29 heavy (non-hydrogen) atoms. The second kappa shape index (κ2) is 8.20. The van der Waals surface area contributed by atoms with Gasteiger partial charge in [0, 0.05) is 24.9 Å². The van der Waals surface area contributed by atoms with Crippen molar-refractivity contribution in [2.24, 2.45) is 4.40 Å². The van der Waals surface area contributed by atoms with Crippen molar-refractivity contribution in [1.29, 1.82) is 0 Å². The molecule has 4 rings (SSSR count). The normalized spacial score (nSPS) is 24.3. The molecule has 1 unspecified atom stereocenters. The van der Waals surface area contributed by atoms with Crippen molar-refractivity contribution in [3.63, 3.8) is 0 Å². The van der Waals surface area contributed by atoms with Gasteiger partial charge in [-0.15, -0.1) is 0 Å². The molecule has 160 valence electrons. The van der Waals surface area contributed by atoms with Gasteiger partial charge in [-0.2, -0.15) is 17.8 Å². The van der Waals surface area contributed by atoms with Crippen LogP contribution in [0, 0.1) is 6.92 Å². The number of pyridine rings is 1. The number of aryl methyl sites for hydroxylation is 1. The molecule has 1 atom stereocenters. The van der Waals surface area contributed by atoms with E-state index in [1.165, 1.54) is 25.5 Å². The van der Waals surface area contributed by atoms with E-state index in [0.717, 1.165) is 19.6 Å². The largest absolute Gasteiger partial charge is 0.473 e. The first kappa shape index (κ1) is 20.6. The average Bonchev–Trinajstić information content (AvgIpc) is 2.79. The molecule has 3 aliphatic heterocycles. The Morgan fingerprint density at radius 2 is 1.97 bits per heavy atom. The summed E-state index contributed by atoms with van der Waals surface area (Å²) < 4.78 is 46.9. The summed E-state index contributed by atoms with van der Waals surface area (Å²) in [6, 6.07) is 1.55. The van der Waals surface area contributed by atoms with Crippen LogP contribution in [0.5, 0.6) is 11.8 Å². The summed E-state index contributed by atoms with van der Waals surface area (Å²) in [6.45, 7) is 7.79. The Kier molecular flexibility index (Phi) is 5.81. The summed E-state index contributed by atoms with van der Waals surface area (Å²) in [5.74, 6) is 0.475. The lowest BCUT2D eigenvalue weighted by molar-refractivity contribution is -0.00626. The van der Waals surface area contributed by atoms with Crippen LogP contribution in [0.4, 0.5) is 0 Å². The van der Waals surface area contributed by atoms with Gasteiger partial charge in [-0.25, -0.2) is 0 Å². The Labute approximate surface area is 172 Å². The molecular weight excluding hydrogens is 394 g/mol. The molecule has 2 saturated heterocycles. The van der Waals surface area contributed by atoms with Crippen molar-refractivity contribution in [3.05, 3.63) is 11.6 Å². The highest BCUT2D eigenvalue weighted by molar-refractivity contribution is 7.90. The van der Waals surface area contributed by atoms with E-state index < -0.39 is 15.6 Å². The zero-order chi connectivity index (χ0) is 20.5. The van der Waals surface area contributed by atoms with Crippen LogP contribution < -0.4 is 9.47 Å². The van der Waals surface area contributed by atoms with Gasteiger partial charge in [0.2, 0.25) is 11.8 Å². The Morgan fingerprint density at radius 1 is 1.24 bits per heavy atom. The number of likely N-dealkylation sites (tertiary alicyclic amines) is 1. The Balaban J connectivity index is 1.58. The molecule has 1 spiro atoms. The van der Waals surface area contributed by atoms with E-state index in [9.17, 15) is 8.42 Å². The van der Waals surface area contributed by atoms with Crippen LogP contribution in [0.2, 0.25) is 0 Å². The van der Waals surface area contributed by atoms with E-state index >= 15 is 0 Å². The first-order chi connectivity index (χ1) is 13.9. The van der Waals surface area contributed by atoms with Crippen LogP contribution in [-0.4, -0.2) is 69.1 Å². The lowest BCUT2D eigenvalue weighted by atomic mass is 9.95. The lowest BCUT2D eigenvalue weighted by Gasteiger charge is -2.33. The minimum Gasteiger partial charge on any atom is -0.473 e. The Bertz CT molecular complexity index is 874. The quantitative estimate of drug-likeness (QED) is 0.734. The predicted octanol–water partition coefficient (Wildman–Crippen LogP) is 2.34. The van der Waals surface area contributed by atoms with Gasteiger partial charge < -0.3 is 14.2 Å². The van der Waals surface area contributed by atoms with Gasteiger partial charge in [0.15, 0.2) is 10.5 Å². The molecule has 9 heteroatoms. The second-order valence-corrected chi connectivity index (χ2v) is 9.79. The SMILES string of the molecule is Cc1cc2c(nc1OC(C)CN1CCCCC1)OC1(C=NS2(=O)=O)CCOCC1. The van der Waals surface area contributed by atoms with E-state index in [1.807, 2.05) is 6.92 Å². The van der Waals surface area contributed by atoms with Crippen LogP contribution in [0.1, 0.15) is 44.6 Å². The summed E-state index contributed by atoms with van der Waals surface area (Å²) in [4.78, 5) is 6.88. The van der Waals surface area contributed by atoms with Crippen LogP contribution in [0.15, 0.2) is 15.4 Å². The molecule has 0 aromatic carbocycles. The fourth-order valence-corrected chi connectivity index (χ4v) is 5.13. The molecule has 2 fully saturated rings. The smallest absolute Gasteiger partial charge is 0.287 e. The van der Waals surface area contributed by atoms with Crippen LogP contribution in [0.25, 0.3) is 0 Å². The molecule has 3 aliphatic rings. The van der Waals surface area contributed by atoms with E-state index in [-0.39, 0.29) is 16.9 Å². The van der Waals surface area contributed by atoms with Gasteiger partial charge in [-0.05, 0) is 45.8 Å². The Morgan fingerprint density at radius 3 is 2.69 bits per heavy atom. The summed E-state index contributed by atoms with van der Waals surface area (Å²) >= 11 is 0. The molecule has 8 nitrogen and oxygen atoms in total. The number of nitrogens with zero attached hydrogens (tertiary/aromatic N) is 3. The fraction of sp³-hybridized carbons (Fsp3) is 0.700. The number of piperidine rings is 1. The number of ether oxygens (including phenoxy) is 3. The summed E-state index contributed by atoms with van der Waals surface area (Å²) in [5.41, 5.74) is -0.158. The summed E-state index contributed by atoms with van der Waals surface area (Å²) in [7, 11) is -3.87. The summed E-state index contributed by atoms with van der Waals surface area (Å²) in [5, 5.41) is 0. The predicted molar refractivity (Wildman–Crippen MR) is 108 cm³/mol. The lowest BCUT2D eigenvalue weighted by Crippen LogP contribution is -2.43. The third-order valence-corrected chi connectivity index (χ3v) is 6.95. The first-order valence-corrected chi connectivity index (χ1v) is 11.8. The highest BCUT2D eigenvalue weighted by atomic mass is 32.2. The highest BCUT2D eigenvalue weighted by Gasteiger charge is 2.39. The number of hydrogen-bond donors (Lipinski definition) is 0. The van der Waals surface area contributed by atoms with Crippen molar-refractivity contribution in [2.45, 2.75) is 62.6 Å². The second-order valence-electron chi connectivity index (χ2n) is 8.19. The van der Waals surface area contributed by atoms with Crippen LogP contribution >= 0.6 is 0 Å². The van der Waals surface area contributed by atoms with Gasteiger partial charge in [-0.1, -0.05) is 6.42 Å². The molecule has 1 aromatic rings. The van der Waals surface area contributed by atoms with Crippen LogP contribution in [-0.2, 0) is 14.8 Å². The fourth-order valence-electron chi connectivity index (χ4n) is 4.06. The minimum absolute atomic E-state index is 0.00866. The minimum atomic E-state index is -3.87. The number of aromatic nitrogens is 1. The first-order valence-electron chi connectivity index (χ1n) is 10.4. The molecular formula is C20H29N3O5S. The maximum atomic E-state index is 12.7. The van der Waals surface area contributed by atoms with E-state index in [0.29, 0.717) is 37.5 Å². The third kappa shape index (κ3) is 4.57. The zero-order valence-corrected chi connectivity index (χ0v) is 17.9. The number of rotatable bonds is 4. The maximum Gasteiger partial charge on any atom is 0.287 e. The standard InChI is InChI=1S/C20H29N3O5S/c1-15-12-17-19(22-18(15)27-16(2)13-23-8-4-3-5-9-23)28-20(6-10-26-11-7-20)14-21-29(17,24)25/h12,14,16H,3-11,13H2,1-2H3. The monoisotopic (exact) mass is 423 g/mol. The molecule has 0 saturated carbocycles. The number of hydrogen-bond acceptors (Lipinski definition) is 7. The molecule has 1 aromatic heterocycles. The van der Waals surface area contributed by atoms with Gasteiger partial charge in [-0.3, -0.25) is 4.90 Å². The van der Waals surface area contributed by atoms with Crippen molar-refractivity contribution in [1.82, 2.24) is 9.88 Å². The molecule has 0 bridgehead atoms.